The molecule has 0 saturated carbocycles. The molecule has 0 spiro atoms. The van der Waals surface area contributed by atoms with Gasteiger partial charge in [0.2, 0.25) is 9.84 Å². The van der Waals surface area contributed by atoms with Crippen molar-refractivity contribution >= 4 is 32.6 Å². The highest BCUT2D eigenvalue weighted by Gasteiger charge is 2.32. The zero-order chi connectivity index (χ0) is 23.8. The van der Waals surface area contributed by atoms with Gasteiger partial charge in [0.05, 0.1) is 10.4 Å². The first kappa shape index (κ1) is 22.2. The van der Waals surface area contributed by atoms with E-state index in [0.717, 1.165) is 16.5 Å². The van der Waals surface area contributed by atoms with E-state index in [9.17, 15) is 18.0 Å². The van der Waals surface area contributed by atoms with Crippen LogP contribution in [0.4, 0.5) is 0 Å². The number of benzene rings is 2. The Morgan fingerprint density at radius 1 is 1.03 bits per heavy atom. The number of aromatic nitrogens is 2. The lowest BCUT2D eigenvalue weighted by Crippen LogP contribution is -2.27. The number of nitrogens with zero attached hydrogens (tertiary/aromatic N) is 2. The molecule has 2 heterocycles. The van der Waals surface area contributed by atoms with Gasteiger partial charge in [0.15, 0.2) is 0 Å². The number of nitrogens with two attached hydrogens (primary N) is 1. The van der Waals surface area contributed by atoms with Crippen molar-refractivity contribution in [1.82, 2.24) is 14.9 Å². The summed E-state index contributed by atoms with van der Waals surface area (Å²) >= 11 is 0. The van der Waals surface area contributed by atoms with Crippen molar-refractivity contribution in [3.05, 3.63) is 89.4 Å². The second-order valence-electron chi connectivity index (χ2n) is 7.70. The Kier molecular flexibility index (Phi) is 5.73. The van der Waals surface area contributed by atoms with Gasteiger partial charge in [-0.15, -0.1) is 0 Å². The van der Waals surface area contributed by atoms with Crippen LogP contribution in [0.2, 0.25) is 0 Å². The van der Waals surface area contributed by atoms with E-state index in [2.05, 4.69) is 9.97 Å². The minimum absolute atomic E-state index is 0.00302. The number of carbonyl (C=O) groups excluding carboxylic acids is 2. The second-order valence-corrected chi connectivity index (χ2v) is 9.59. The molecule has 33 heavy (non-hydrogen) atoms. The van der Waals surface area contributed by atoms with Gasteiger partial charge in [-0.2, -0.15) is 0 Å². The maximum Gasteiger partial charge on any atom is 0.270 e. The largest absolute Gasteiger partial charge is 0.364 e. The van der Waals surface area contributed by atoms with E-state index >= 15 is 0 Å². The summed E-state index contributed by atoms with van der Waals surface area (Å²) in [6.07, 6.45) is 1.71. The van der Waals surface area contributed by atoms with Crippen LogP contribution in [-0.4, -0.2) is 42.1 Å². The molecule has 0 aliphatic rings. The van der Waals surface area contributed by atoms with Gasteiger partial charge in [-0.25, -0.2) is 8.42 Å². The van der Waals surface area contributed by atoms with Crippen molar-refractivity contribution in [2.45, 2.75) is 23.3 Å². The lowest BCUT2D eigenvalue weighted by atomic mass is 10.1. The highest BCUT2D eigenvalue weighted by Crippen LogP contribution is 2.30. The van der Waals surface area contributed by atoms with Crippen LogP contribution < -0.4 is 5.73 Å². The topological polar surface area (TPSA) is 126 Å². The van der Waals surface area contributed by atoms with Crippen LogP contribution in [0, 0.1) is 6.92 Å². The number of sulfone groups is 1. The Morgan fingerprint density at radius 2 is 1.76 bits per heavy atom. The number of fused-ring (bicyclic) bond motifs is 1. The molecule has 3 N–H and O–H groups in total. The minimum Gasteiger partial charge on any atom is -0.364 e. The summed E-state index contributed by atoms with van der Waals surface area (Å²) in [5.74, 6) is -1.42. The SMILES string of the molecule is Cc1c(C(=O)N(C)Cc2ccc3ncccc3c2)[nH]c(C(N)=O)c1S(=O)(=O)c1ccccc1. The molecule has 0 atom stereocenters. The summed E-state index contributed by atoms with van der Waals surface area (Å²) in [5, 5.41) is 0.944. The number of nitrogens with one attached hydrogen (secondary N) is 1. The van der Waals surface area contributed by atoms with Gasteiger partial charge in [-0.05, 0) is 48.4 Å². The lowest BCUT2D eigenvalue weighted by Gasteiger charge is -2.17. The summed E-state index contributed by atoms with van der Waals surface area (Å²) < 4.78 is 26.5. The fourth-order valence-corrected chi connectivity index (χ4v) is 5.45. The van der Waals surface area contributed by atoms with Gasteiger partial charge >= 0.3 is 0 Å². The van der Waals surface area contributed by atoms with E-state index in [1.807, 2.05) is 30.3 Å². The monoisotopic (exact) mass is 462 g/mol. The third-order valence-electron chi connectivity index (χ3n) is 5.41. The number of carbonyl (C=O) groups is 2. The standard InChI is InChI=1S/C24H22N4O4S/c1-15-20(24(30)28(2)14-16-10-11-19-17(13-16)7-6-12-26-19)27-21(23(25)29)22(15)33(31,32)18-8-4-3-5-9-18/h3-13,27H,14H2,1-2H3,(H2,25,29). The lowest BCUT2D eigenvalue weighted by molar-refractivity contribution is 0.0779. The zero-order valence-corrected chi connectivity index (χ0v) is 18.9. The van der Waals surface area contributed by atoms with Crippen molar-refractivity contribution in [1.29, 1.82) is 0 Å². The molecule has 9 heteroatoms. The van der Waals surface area contributed by atoms with Gasteiger partial charge < -0.3 is 15.6 Å². The predicted octanol–water partition coefficient (Wildman–Crippen LogP) is 3.08. The first-order valence-electron chi connectivity index (χ1n) is 10.1. The second kappa shape index (κ2) is 8.51. The van der Waals surface area contributed by atoms with E-state index in [1.54, 1.807) is 31.4 Å². The molecule has 0 fully saturated rings. The Bertz CT molecular complexity index is 1480. The van der Waals surface area contributed by atoms with E-state index in [4.69, 9.17) is 5.73 Å². The Balaban J connectivity index is 1.70. The summed E-state index contributed by atoms with van der Waals surface area (Å²) in [7, 11) is -2.47. The summed E-state index contributed by atoms with van der Waals surface area (Å²) in [5.41, 5.74) is 7.01. The molecule has 0 aliphatic heterocycles. The number of aromatic amines is 1. The number of H-pyrrole nitrogens is 1. The van der Waals surface area contributed by atoms with Gasteiger partial charge in [-0.1, -0.05) is 30.3 Å². The molecule has 0 unspecified atom stereocenters. The van der Waals surface area contributed by atoms with Crippen molar-refractivity contribution in [2.24, 2.45) is 5.73 Å². The molecule has 168 valence electrons. The van der Waals surface area contributed by atoms with Crippen molar-refractivity contribution in [3.8, 4) is 0 Å². The van der Waals surface area contributed by atoms with E-state index in [1.165, 1.54) is 24.0 Å². The quantitative estimate of drug-likeness (QED) is 0.455. The Hall–Kier alpha value is -3.98. The van der Waals surface area contributed by atoms with Gasteiger partial charge in [-0.3, -0.25) is 14.6 Å². The number of hydrogen-bond acceptors (Lipinski definition) is 5. The average Bonchev–Trinajstić information content (AvgIpc) is 3.17. The molecule has 4 rings (SSSR count). The molecule has 2 aromatic heterocycles. The van der Waals surface area contributed by atoms with Crippen LogP contribution in [0.1, 0.15) is 32.1 Å². The van der Waals surface area contributed by atoms with Gasteiger partial charge in [0.25, 0.3) is 11.8 Å². The first-order valence-corrected chi connectivity index (χ1v) is 11.6. The van der Waals surface area contributed by atoms with Crippen molar-refractivity contribution in [3.63, 3.8) is 0 Å². The maximum atomic E-state index is 13.2. The molecular formula is C24H22N4O4S. The van der Waals surface area contributed by atoms with Crippen molar-refractivity contribution in [2.75, 3.05) is 7.05 Å². The van der Waals surface area contributed by atoms with Crippen LogP contribution in [0.3, 0.4) is 0 Å². The molecule has 4 aromatic rings. The van der Waals surface area contributed by atoms with E-state index < -0.39 is 21.7 Å². The first-order chi connectivity index (χ1) is 15.7. The molecule has 0 bridgehead atoms. The van der Waals surface area contributed by atoms with Gasteiger partial charge in [0, 0.05) is 25.2 Å². The van der Waals surface area contributed by atoms with E-state index in [0.29, 0.717) is 0 Å². The molecule has 0 aliphatic carbocycles. The zero-order valence-electron chi connectivity index (χ0n) is 18.1. The maximum absolute atomic E-state index is 13.2. The fourth-order valence-electron chi connectivity index (χ4n) is 3.78. The highest BCUT2D eigenvalue weighted by atomic mass is 32.2. The Labute approximate surface area is 191 Å². The number of rotatable bonds is 6. The third kappa shape index (κ3) is 4.10. The predicted molar refractivity (Wildman–Crippen MR) is 123 cm³/mol. The number of pyridine rings is 1. The Morgan fingerprint density at radius 3 is 2.45 bits per heavy atom. The van der Waals surface area contributed by atoms with Crippen LogP contribution in [0.15, 0.2) is 76.7 Å². The van der Waals surface area contributed by atoms with Crippen LogP contribution >= 0.6 is 0 Å². The summed E-state index contributed by atoms with van der Waals surface area (Å²) in [6.45, 7) is 1.76. The average molecular weight is 463 g/mol. The summed E-state index contributed by atoms with van der Waals surface area (Å²) in [6, 6.07) is 17.2. The molecular weight excluding hydrogens is 440 g/mol. The number of hydrogen-bond donors (Lipinski definition) is 2. The molecule has 8 nitrogen and oxygen atoms in total. The van der Waals surface area contributed by atoms with Crippen LogP contribution in [0.25, 0.3) is 10.9 Å². The van der Waals surface area contributed by atoms with E-state index in [-0.39, 0.29) is 33.3 Å². The number of amides is 2. The highest BCUT2D eigenvalue weighted by molar-refractivity contribution is 7.91. The fraction of sp³-hybridized carbons (Fsp3) is 0.125. The molecule has 0 radical (unpaired) electrons. The normalized spacial score (nSPS) is 11.5. The third-order valence-corrected chi connectivity index (χ3v) is 7.35. The smallest absolute Gasteiger partial charge is 0.270 e. The molecule has 2 amide bonds. The summed E-state index contributed by atoms with van der Waals surface area (Å²) in [4.78, 5) is 33.4. The van der Waals surface area contributed by atoms with Crippen LogP contribution in [0.5, 0.6) is 0 Å². The number of primary amides is 1. The minimum atomic E-state index is -4.08. The van der Waals surface area contributed by atoms with Crippen molar-refractivity contribution < 1.29 is 18.0 Å². The van der Waals surface area contributed by atoms with Crippen LogP contribution in [-0.2, 0) is 16.4 Å². The molecule has 2 aromatic carbocycles. The van der Waals surface area contributed by atoms with Gasteiger partial charge in [0.1, 0.15) is 16.3 Å². The molecule has 0 saturated heterocycles.